The highest BCUT2D eigenvalue weighted by atomic mass is 16.5. The number of allylic oxidation sites excluding steroid dienone is 1. The van der Waals surface area contributed by atoms with E-state index in [9.17, 15) is 9.90 Å². The lowest BCUT2D eigenvalue weighted by Gasteiger charge is -2.29. The molecule has 11 nitrogen and oxygen atoms in total. The molecule has 0 saturated heterocycles. The van der Waals surface area contributed by atoms with Crippen LogP contribution in [0.15, 0.2) is 47.9 Å². The van der Waals surface area contributed by atoms with E-state index < -0.39 is 6.04 Å². The molecule has 0 aliphatic carbocycles. The summed E-state index contributed by atoms with van der Waals surface area (Å²) in [5, 5.41) is 20.0. The first-order chi connectivity index (χ1) is 17.0. The van der Waals surface area contributed by atoms with E-state index in [2.05, 4.69) is 25.7 Å². The minimum atomic E-state index is -0.646. The molecule has 1 aromatic carbocycles. The normalized spacial score (nSPS) is 14.7. The first-order valence-corrected chi connectivity index (χ1v) is 11.1. The highest BCUT2D eigenvalue weighted by molar-refractivity contribution is 6.06. The molecule has 2 aromatic heterocycles. The second kappa shape index (κ2) is 10.4. The lowest BCUT2D eigenvalue weighted by atomic mass is 9.94. The number of carbonyl (C=O) groups is 1. The van der Waals surface area contributed by atoms with Crippen molar-refractivity contribution in [1.82, 2.24) is 19.7 Å². The number of nitrogens with one attached hydrogen (secondary N) is 2. The maximum atomic E-state index is 13.6. The number of fused-ring (bicyclic) bond motifs is 1. The Hall–Kier alpha value is -4.12. The van der Waals surface area contributed by atoms with E-state index in [0.717, 1.165) is 0 Å². The summed E-state index contributed by atoms with van der Waals surface area (Å²) in [7, 11) is 4.60. The number of aliphatic hydroxyl groups is 1. The second-order valence-electron chi connectivity index (χ2n) is 7.84. The van der Waals surface area contributed by atoms with E-state index in [0.29, 0.717) is 64.4 Å². The molecular formula is C24H28N6O5. The fourth-order valence-corrected chi connectivity index (χ4v) is 4.03. The smallest absolute Gasteiger partial charge is 0.255 e. The molecular weight excluding hydrogens is 452 g/mol. The maximum Gasteiger partial charge on any atom is 0.255 e. The summed E-state index contributed by atoms with van der Waals surface area (Å²) in [5.74, 6) is 2.07. The maximum absolute atomic E-state index is 13.6. The molecule has 3 heterocycles. The fraction of sp³-hybridized carbons (Fsp3) is 0.333. The molecule has 1 atom stereocenters. The highest BCUT2D eigenvalue weighted by Gasteiger charge is 2.35. The Labute approximate surface area is 202 Å². The van der Waals surface area contributed by atoms with Crippen molar-refractivity contribution < 1.29 is 24.1 Å². The van der Waals surface area contributed by atoms with Crippen molar-refractivity contribution in [1.29, 1.82) is 0 Å². The topological polar surface area (TPSA) is 133 Å². The van der Waals surface area contributed by atoms with Gasteiger partial charge in [0.25, 0.3) is 5.91 Å². The van der Waals surface area contributed by atoms with Crippen molar-refractivity contribution >= 4 is 17.5 Å². The molecule has 0 fully saturated rings. The van der Waals surface area contributed by atoms with Crippen LogP contribution in [0.1, 0.15) is 30.8 Å². The zero-order valence-electron chi connectivity index (χ0n) is 20.0. The number of methoxy groups -OCH3 is 3. The summed E-state index contributed by atoms with van der Waals surface area (Å²) >= 11 is 0. The third-order valence-electron chi connectivity index (χ3n) is 5.62. The van der Waals surface area contributed by atoms with Crippen LogP contribution in [0.3, 0.4) is 0 Å². The van der Waals surface area contributed by atoms with E-state index in [1.165, 1.54) is 21.3 Å². The average molecular weight is 481 g/mol. The molecule has 35 heavy (non-hydrogen) atoms. The third kappa shape index (κ3) is 4.76. The summed E-state index contributed by atoms with van der Waals surface area (Å²) in [6, 6.07) is 6.45. The summed E-state index contributed by atoms with van der Waals surface area (Å²) in [6.45, 7) is 1.85. The molecule has 4 rings (SSSR count). The van der Waals surface area contributed by atoms with Gasteiger partial charge < -0.3 is 30.0 Å². The number of aliphatic hydroxyl groups excluding tert-OH is 1. The number of aromatic nitrogens is 4. The Morgan fingerprint density at radius 3 is 2.54 bits per heavy atom. The monoisotopic (exact) mass is 480 g/mol. The highest BCUT2D eigenvalue weighted by Crippen LogP contribution is 2.44. The largest absolute Gasteiger partial charge is 0.493 e. The Morgan fingerprint density at radius 2 is 1.94 bits per heavy atom. The van der Waals surface area contributed by atoms with E-state index in [4.69, 9.17) is 14.2 Å². The Kier molecular flexibility index (Phi) is 7.16. The van der Waals surface area contributed by atoms with Gasteiger partial charge in [-0.15, -0.1) is 0 Å². The van der Waals surface area contributed by atoms with Gasteiger partial charge in [0.05, 0.1) is 38.8 Å². The second-order valence-corrected chi connectivity index (χ2v) is 7.84. The summed E-state index contributed by atoms with van der Waals surface area (Å²) < 4.78 is 18.3. The molecule has 11 heteroatoms. The van der Waals surface area contributed by atoms with Crippen molar-refractivity contribution in [2.45, 2.75) is 25.8 Å². The van der Waals surface area contributed by atoms with Gasteiger partial charge in [-0.2, -0.15) is 10.1 Å². The van der Waals surface area contributed by atoms with E-state index in [-0.39, 0.29) is 12.5 Å². The molecule has 1 aliphatic heterocycles. The van der Waals surface area contributed by atoms with Crippen molar-refractivity contribution in [2.24, 2.45) is 0 Å². The first-order valence-electron chi connectivity index (χ1n) is 11.1. The third-order valence-corrected chi connectivity index (χ3v) is 5.62. The van der Waals surface area contributed by atoms with Crippen LogP contribution in [0.2, 0.25) is 0 Å². The lowest BCUT2D eigenvalue weighted by Crippen LogP contribution is -2.31. The molecule has 3 aromatic rings. The first kappa shape index (κ1) is 24.0. The number of amides is 1. The van der Waals surface area contributed by atoms with Gasteiger partial charge >= 0.3 is 0 Å². The molecule has 184 valence electrons. The molecule has 0 spiro atoms. The van der Waals surface area contributed by atoms with Crippen LogP contribution in [0.25, 0.3) is 0 Å². The Balaban J connectivity index is 1.85. The number of rotatable bonds is 9. The number of carbonyl (C=O) groups excluding carboxylic acids is 1. The van der Waals surface area contributed by atoms with E-state index >= 15 is 0 Å². The minimum absolute atomic E-state index is 0.0314. The fourth-order valence-electron chi connectivity index (χ4n) is 4.03. The van der Waals surface area contributed by atoms with Crippen LogP contribution in [-0.2, 0) is 11.2 Å². The summed E-state index contributed by atoms with van der Waals surface area (Å²) in [6.07, 6.45) is 4.23. The molecule has 1 unspecified atom stereocenters. The van der Waals surface area contributed by atoms with E-state index in [1.807, 2.05) is 6.92 Å². The standard InChI is InChI=1S/C24H28N6O5/c1-14-20(23(32)27-16-7-5-9-25-13-16)21(30-24(26-14)28-19(29-30)8-6-10-31)15-11-17(33-2)22(35-4)18(12-15)34-3/h5,7,9,11-13,21,31H,6,8,10H2,1-4H3,(H,27,32)(H,26,28,29). The van der Waals surface area contributed by atoms with Crippen LogP contribution in [0, 0.1) is 0 Å². The zero-order chi connectivity index (χ0) is 24.9. The van der Waals surface area contributed by atoms with Gasteiger partial charge in [-0.3, -0.25) is 9.78 Å². The van der Waals surface area contributed by atoms with Crippen LogP contribution in [-0.4, -0.2) is 58.7 Å². The van der Waals surface area contributed by atoms with Crippen LogP contribution < -0.4 is 24.8 Å². The van der Waals surface area contributed by atoms with Gasteiger partial charge in [0.2, 0.25) is 11.7 Å². The number of hydrogen-bond donors (Lipinski definition) is 3. The summed E-state index contributed by atoms with van der Waals surface area (Å²) in [4.78, 5) is 22.2. The van der Waals surface area contributed by atoms with E-state index in [1.54, 1.807) is 41.3 Å². The van der Waals surface area contributed by atoms with Gasteiger partial charge in [-0.1, -0.05) is 0 Å². The number of anilines is 2. The number of benzene rings is 1. The van der Waals surface area contributed by atoms with Gasteiger partial charge in [0.1, 0.15) is 6.04 Å². The molecule has 0 bridgehead atoms. The minimum Gasteiger partial charge on any atom is -0.493 e. The predicted octanol–water partition coefficient (Wildman–Crippen LogP) is 2.55. The number of aryl methyl sites for hydroxylation is 1. The van der Waals surface area contributed by atoms with Gasteiger partial charge in [0, 0.05) is 24.9 Å². The zero-order valence-corrected chi connectivity index (χ0v) is 20.0. The van der Waals surface area contributed by atoms with Gasteiger partial charge in [-0.25, -0.2) is 4.68 Å². The van der Waals surface area contributed by atoms with Crippen molar-refractivity contribution in [3.05, 3.63) is 59.3 Å². The van der Waals surface area contributed by atoms with Crippen molar-refractivity contribution in [2.75, 3.05) is 38.6 Å². The van der Waals surface area contributed by atoms with Crippen LogP contribution in [0.5, 0.6) is 17.2 Å². The average Bonchev–Trinajstić information content (AvgIpc) is 3.28. The lowest BCUT2D eigenvalue weighted by molar-refractivity contribution is -0.113. The van der Waals surface area contributed by atoms with Crippen molar-refractivity contribution in [3.63, 3.8) is 0 Å². The van der Waals surface area contributed by atoms with Crippen molar-refractivity contribution in [3.8, 4) is 17.2 Å². The molecule has 1 amide bonds. The number of ether oxygens (including phenoxy) is 3. The Morgan fingerprint density at radius 1 is 1.20 bits per heavy atom. The SMILES string of the molecule is COc1cc(C2C(C(=O)Nc3cccnc3)=C(C)Nc3nc(CCCO)nn32)cc(OC)c1OC. The van der Waals surface area contributed by atoms with Crippen LogP contribution >= 0.6 is 0 Å². The summed E-state index contributed by atoms with van der Waals surface area (Å²) in [5.41, 5.74) is 2.32. The molecule has 3 N–H and O–H groups in total. The molecule has 0 saturated carbocycles. The molecule has 0 radical (unpaired) electrons. The number of nitrogens with zero attached hydrogens (tertiary/aromatic N) is 4. The van der Waals surface area contributed by atoms with Gasteiger partial charge in [0.15, 0.2) is 17.3 Å². The Bertz CT molecular complexity index is 1220. The van der Waals surface area contributed by atoms with Crippen LogP contribution in [0.4, 0.5) is 11.6 Å². The van der Waals surface area contributed by atoms with Gasteiger partial charge in [-0.05, 0) is 43.2 Å². The quantitative estimate of drug-likeness (QED) is 0.423. The molecule has 1 aliphatic rings. The number of pyridine rings is 1. The number of hydrogen-bond acceptors (Lipinski definition) is 9. The predicted molar refractivity (Wildman–Crippen MR) is 129 cm³/mol.